The maximum atomic E-state index is 14.2. The molecule has 0 N–H and O–H groups in total. The fraction of sp³-hybridized carbons (Fsp3) is 0. The Morgan fingerprint density at radius 3 is 1.27 bits per heavy atom. The highest BCUT2D eigenvalue weighted by molar-refractivity contribution is 6.40. The van der Waals surface area contributed by atoms with Crippen molar-refractivity contribution in [3.05, 3.63) is 126 Å². The second-order valence-electron chi connectivity index (χ2n) is 11.5. The van der Waals surface area contributed by atoms with Crippen molar-refractivity contribution in [2.45, 2.75) is 0 Å². The van der Waals surface area contributed by atoms with Crippen molar-refractivity contribution >= 4 is 98.0 Å². The highest BCUT2D eigenvalue weighted by Gasteiger charge is 2.26. The topological polar surface area (TPSA) is 103 Å². The molecule has 0 aliphatic rings. The van der Waals surface area contributed by atoms with Crippen molar-refractivity contribution in [1.29, 1.82) is 0 Å². The van der Waals surface area contributed by atoms with Gasteiger partial charge in [-0.05, 0) is 59.3 Å². The van der Waals surface area contributed by atoms with Crippen LogP contribution in [0.4, 0.5) is 0 Å². The Bertz CT molecular complexity index is 3140. The van der Waals surface area contributed by atoms with Gasteiger partial charge in [0.15, 0.2) is 10.9 Å². The van der Waals surface area contributed by atoms with E-state index < -0.39 is 0 Å². The summed E-state index contributed by atoms with van der Waals surface area (Å²) >= 11 is 0. The van der Waals surface area contributed by atoms with Gasteiger partial charge < -0.3 is 0 Å². The molecule has 202 valence electrons. The molecule has 0 unspecified atom stereocenters. The van der Waals surface area contributed by atoms with Gasteiger partial charge >= 0.3 is 0 Å². The molecule has 7 aromatic carbocycles. The Balaban J connectivity index is 1.46. The first-order chi connectivity index (χ1) is 21.5. The van der Waals surface area contributed by atoms with Gasteiger partial charge in [0.2, 0.25) is 0 Å². The molecule has 0 saturated heterocycles. The van der Waals surface area contributed by atoms with E-state index in [1.54, 1.807) is 45.2 Å². The van der Waals surface area contributed by atoms with Crippen molar-refractivity contribution in [1.82, 2.24) is 18.8 Å². The first-order valence-electron chi connectivity index (χ1n) is 14.2. The van der Waals surface area contributed by atoms with Crippen molar-refractivity contribution in [3.63, 3.8) is 0 Å². The van der Waals surface area contributed by atoms with E-state index in [2.05, 4.69) is 0 Å². The summed E-state index contributed by atoms with van der Waals surface area (Å²) in [6.45, 7) is 0. The maximum absolute atomic E-state index is 14.2. The summed E-state index contributed by atoms with van der Waals surface area (Å²) in [5.41, 5.74) is 2.51. The fourth-order valence-corrected chi connectivity index (χ4v) is 7.81. The van der Waals surface area contributed by atoms with Gasteiger partial charge in [-0.2, -0.15) is 0 Å². The molecule has 4 aromatic heterocycles. The van der Waals surface area contributed by atoms with Gasteiger partial charge in [-0.15, -0.1) is 0 Å². The average Bonchev–Trinajstić information content (AvgIpc) is 3.62. The van der Waals surface area contributed by atoms with Crippen LogP contribution in [-0.2, 0) is 0 Å². The number of benzene rings is 7. The highest BCUT2D eigenvalue weighted by Crippen LogP contribution is 2.43. The highest BCUT2D eigenvalue weighted by atomic mass is 16.1. The molecule has 0 spiro atoms. The Morgan fingerprint density at radius 2 is 0.818 bits per heavy atom. The van der Waals surface area contributed by atoms with Gasteiger partial charge in [-0.25, -0.2) is 9.97 Å². The molecule has 0 amide bonds. The predicted molar refractivity (Wildman–Crippen MR) is 174 cm³/mol. The first-order valence-corrected chi connectivity index (χ1v) is 14.2. The second-order valence-corrected chi connectivity index (χ2v) is 11.5. The third kappa shape index (κ3) is 2.27. The van der Waals surface area contributed by atoms with Crippen LogP contribution < -0.4 is 22.0 Å². The molecule has 0 saturated carbocycles. The van der Waals surface area contributed by atoms with Gasteiger partial charge in [-0.3, -0.25) is 28.0 Å². The minimum atomic E-state index is -0.243. The summed E-state index contributed by atoms with van der Waals surface area (Å²) in [7, 11) is 0. The lowest BCUT2D eigenvalue weighted by Crippen LogP contribution is -2.17. The molecule has 0 bridgehead atoms. The number of hydrogen-bond donors (Lipinski definition) is 0. The van der Waals surface area contributed by atoms with Crippen LogP contribution in [0.3, 0.4) is 0 Å². The molecule has 8 heteroatoms. The Morgan fingerprint density at radius 1 is 0.409 bits per heavy atom. The lowest BCUT2D eigenvalue weighted by atomic mass is 9.86. The maximum Gasteiger partial charge on any atom is 0.264 e. The number of hydrogen-bond acceptors (Lipinski definition) is 6. The molecule has 0 radical (unpaired) electrons. The Labute approximate surface area is 242 Å². The summed E-state index contributed by atoms with van der Waals surface area (Å²) in [5, 5.41) is 6.35. The van der Waals surface area contributed by atoms with E-state index in [0.29, 0.717) is 98.0 Å². The van der Waals surface area contributed by atoms with E-state index in [-0.39, 0.29) is 22.0 Å². The molecular formula is C36H14N4O4. The Kier molecular flexibility index (Phi) is 3.56. The third-order valence-corrected chi connectivity index (χ3v) is 9.50. The predicted octanol–water partition coefficient (Wildman–Crippen LogP) is 5.40. The average molecular weight is 567 g/mol. The number of pyridine rings is 2. The van der Waals surface area contributed by atoms with Gasteiger partial charge in [0.1, 0.15) is 11.3 Å². The van der Waals surface area contributed by atoms with Crippen LogP contribution in [0, 0.1) is 0 Å². The minimum Gasteiger partial charge on any atom is -0.289 e. The largest absolute Gasteiger partial charge is 0.289 e. The van der Waals surface area contributed by atoms with E-state index in [9.17, 15) is 19.2 Å². The van der Waals surface area contributed by atoms with Crippen LogP contribution in [-0.4, -0.2) is 18.8 Å². The fourth-order valence-electron chi connectivity index (χ4n) is 7.81. The quantitative estimate of drug-likeness (QED) is 0.180. The third-order valence-electron chi connectivity index (χ3n) is 9.50. The summed E-state index contributed by atoms with van der Waals surface area (Å²) in [6, 6.07) is 24.9. The number of para-hydroxylation sites is 4. The van der Waals surface area contributed by atoms with E-state index in [0.717, 1.165) is 0 Å². The molecule has 4 heterocycles. The number of fused-ring (bicyclic) bond motifs is 10. The van der Waals surface area contributed by atoms with Crippen molar-refractivity contribution < 1.29 is 0 Å². The molecule has 8 nitrogen and oxygen atoms in total. The van der Waals surface area contributed by atoms with Gasteiger partial charge in [-0.1, -0.05) is 36.4 Å². The zero-order valence-corrected chi connectivity index (χ0v) is 22.5. The van der Waals surface area contributed by atoms with E-state index in [1.807, 2.05) is 48.5 Å². The molecule has 0 fully saturated rings. The Hall–Kier alpha value is -6.28. The molecular weight excluding hydrogens is 552 g/mol. The lowest BCUT2D eigenvalue weighted by molar-refractivity contribution is 1.19. The van der Waals surface area contributed by atoms with Gasteiger partial charge in [0.05, 0.1) is 22.1 Å². The SMILES string of the molecule is O=c1cc2c3c(ccc4c5c(=O)cc6c7c(ccc(c1c43)c57)c(=O)n1c3ccccc3nc61)c(=O)n1c3ccccc3nc21. The summed E-state index contributed by atoms with van der Waals surface area (Å²) in [4.78, 5) is 65.8. The number of imidazole rings is 2. The van der Waals surface area contributed by atoms with E-state index >= 15 is 0 Å². The number of rotatable bonds is 0. The first kappa shape index (κ1) is 22.3. The number of nitrogens with zero attached hydrogens (tertiary/aromatic N) is 4. The molecule has 0 atom stereocenters. The lowest BCUT2D eigenvalue weighted by Gasteiger charge is -2.17. The van der Waals surface area contributed by atoms with Crippen LogP contribution >= 0.6 is 0 Å². The van der Waals surface area contributed by atoms with Crippen LogP contribution in [0.25, 0.3) is 98.0 Å². The van der Waals surface area contributed by atoms with Crippen LogP contribution in [0.15, 0.2) is 104 Å². The van der Waals surface area contributed by atoms with Crippen molar-refractivity contribution in [2.75, 3.05) is 0 Å². The van der Waals surface area contributed by atoms with Gasteiger partial charge in [0, 0.05) is 53.9 Å². The second kappa shape index (κ2) is 7.02. The normalized spacial score (nSPS) is 12.9. The molecule has 44 heavy (non-hydrogen) atoms. The van der Waals surface area contributed by atoms with Crippen molar-refractivity contribution in [3.8, 4) is 0 Å². The summed E-state index contributed by atoms with van der Waals surface area (Å²) in [6.07, 6.45) is 0. The minimum absolute atomic E-state index is 0.236. The molecule has 0 aliphatic heterocycles. The standard InChI is InChI=1S/C36H14N4O4/c41-25-13-19-27-17(35(43)39-23-7-3-1-5-21(23)37-33(19)39)11-9-15-30-26(42)14-20-28-18(12-10-16(32(28)30)29(25)31(15)27)36(44)40-24-8-4-2-6-22(24)38-34(20)40/h1-14H. The van der Waals surface area contributed by atoms with Gasteiger partial charge in [0.25, 0.3) is 11.1 Å². The summed E-state index contributed by atoms with van der Waals surface area (Å²) < 4.78 is 3.12. The van der Waals surface area contributed by atoms with E-state index in [1.165, 1.54) is 0 Å². The molecule has 0 aliphatic carbocycles. The summed E-state index contributed by atoms with van der Waals surface area (Å²) in [5.74, 6) is 0. The molecule has 11 rings (SSSR count). The zero-order valence-electron chi connectivity index (χ0n) is 22.5. The number of aromatic nitrogens is 4. The monoisotopic (exact) mass is 566 g/mol. The molecule has 11 aromatic rings. The zero-order chi connectivity index (χ0) is 29.2. The smallest absolute Gasteiger partial charge is 0.264 e. The van der Waals surface area contributed by atoms with Crippen LogP contribution in [0.1, 0.15) is 0 Å². The van der Waals surface area contributed by atoms with Crippen molar-refractivity contribution in [2.24, 2.45) is 0 Å². The van der Waals surface area contributed by atoms with E-state index in [4.69, 9.17) is 9.97 Å². The van der Waals surface area contributed by atoms with Crippen LogP contribution in [0.5, 0.6) is 0 Å². The van der Waals surface area contributed by atoms with Crippen LogP contribution in [0.2, 0.25) is 0 Å².